The quantitative estimate of drug-likeness (QED) is 0.601. The number of rotatable bonds is 3. The maximum Gasteiger partial charge on any atom is 0.123 e. The Labute approximate surface area is 133 Å². The van der Waals surface area contributed by atoms with Crippen molar-refractivity contribution in [2.45, 2.75) is 13.8 Å². The zero-order valence-electron chi connectivity index (χ0n) is 12.5. The third-order valence-corrected chi connectivity index (χ3v) is 4.31. The van der Waals surface area contributed by atoms with E-state index < -0.39 is 0 Å². The summed E-state index contributed by atoms with van der Waals surface area (Å²) in [5, 5.41) is 2.94. The number of aryl methyl sites for hydroxylation is 2. The van der Waals surface area contributed by atoms with Crippen molar-refractivity contribution in [3.05, 3.63) is 75.4 Å². The smallest absolute Gasteiger partial charge is 0.123 e. The molecule has 22 heavy (non-hydrogen) atoms. The molecule has 0 amide bonds. The lowest BCUT2D eigenvalue weighted by Crippen LogP contribution is -1.82. The molecule has 0 radical (unpaired) electrons. The van der Waals surface area contributed by atoms with Crippen LogP contribution in [0.15, 0.2) is 47.8 Å². The Hall–Kier alpha value is -2.26. The van der Waals surface area contributed by atoms with E-state index in [1.165, 1.54) is 28.8 Å². The molecule has 0 saturated carbocycles. The second kappa shape index (κ2) is 6.24. The van der Waals surface area contributed by atoms with Gasteiger partial charge in [-0.05, 0) is 55.3 Å². The molecule has 0 fully saturated rings. The van der Waals surface area contributed by atoms with Gasteiger partial charge in [0.1, 0.15) is 10.8 Å². The first kappa shape index (κ1) is 14.7. The topological polar surface area (TPSA) is 12.9 Å². The Kier molecular flexibility index (Phi) is 4.16. The van der Waals surface area contributed by atoms with E-state index in [1.807, 2.05) is 11.5 Å². The number of hydrogen-bond acceptors (Lipinski definition) is 2. The lowest BCUT2D eigenvalue weighted by molar-refractivity contribution is 0.628. The second-order valence-corrected chi connectivity index (χ2v) is 6.16. The second-order valence-electron chi connectivity index (χ2n) is 5.27. The van der Waals surface area contributed by atoms with Crippen molar-refractivity contribution in [3.63, 3.8) is 0 Å². The van der Waals surface area contributed by atoms with Crippen LogP contribution < -0.4 is 0 Å². The van der Waals surface area contributed by atoms with Crippen molar-refractivity contribution in [1.82, 2.24) is 4.98 Å². The normalized spacial score (nSPS) is 11.2. The predicted octanol–water partition coefficient (Wildman–Crippen LogP) is 5.74. The third-order valence-electron chi connectivity index (χ3n) is 3.50. The van der Waals surface area contributed by atoms with E-state index in [0.29, 0.717) is 0 Å². The van der Waals surface area contributed by atoms with Crippen molar-refractivity contribution < 1.29 is 4.39 Å². The minimum atomic E-state index is -0.228. The number of halogens is 1. The maximum absolute atomic E-state index is 13.0. The molecule has 0 unspecified atom stereocenters. The number of benzene rings is 2. The van der Waals surface area contributed by atoms with Crippen molar-refractivity contribution in [2.24, 2.45) is 0 Å². The van der Waals surface area contributed by atoms with E-state index in [4.69, 9.17) is 0 Å². The lowest BCUT2D eigenvalue weighted by atomic mass is 10.1. The number of nitrogens with zero attached hydrogens (tertiary/aromatic N) is 1. The summed E-state index contributed by atoms with van der Waals surface area (Å²) in [5.74, 6) is -0.228. The van der Waals surface area contributed by atoms with Crippen LogP contribution in [-0.4, -0.2) is 4.98 Å². The summed E-state index contributed by atoms with van der Waals surface area (Å²) < 4.78 is 13.0. The summed E-state index contributed by atoms with van der Waals surface area (Å²) in [6.07, 6.45) is 4.12. The molecule has 0 aliphatic heterocycles. The first-order valence-electron chi connectivity index (χ1n) is 7.08. The Morgan fingerprint density at radius 3 is 2.55 bits per heavy atom. The van der Waals surface area contributed by atoms with Gasteiger partial charge in [-0.2, -0.15) is 0 Å². The van der Waals surface area contributed by atoms with Gasteiger partial charge in [-0.3, -0.25) is 0 Å². The molecule has 0 atom stereocenters. The van der Waals surface area contributed by atoms with Crippen LogP contribution in [0.3, 0.4) is 0 Å². The van der Waals surface area contributed by atoms with Crippen LogP contribution >= 0.6 is 11.3 Å². The molecule has 0 spiro atoms. The van der Waals surface area contributed by atoms with Gasteiger partial charge in [0, 0.05) is 10.9 Å². The summed E-state index contributed by atoms with van der Waals surface area (Å²) >= 11 is 1.59. The number of thiazole rings is 1. The monoisotopic (exact) mass is 309 g/mol. The molecule has 1 aromatic heterocycles. The van der Waals surface area contributed by atoms with Crippen LogP contribution in [0.25, 0.3) is 23.4 Å². The van der Waals surface area contributed by atoms with Crippen LogP contribution in [0, 0.1) is 19.7 Å². The van der Waals surface area contributed by atoms with Gasteiger partial charge < -0.3 is 0 Å². The minimum absolute atomic E-state index is 0.228. The largest absolute Gasteiger partial charge is 0.237 e. The Bertz CT molecular complexity index is 816. The fraction of sp³-hybridized carbons (Fsp3) is 0.105. The maximum atomic E-state index is 13.0. The Morgan fingerprint density at radius 2 is 1.77 bits per heavy atom. The molecule has 0 N–H and O–H groups in total. The van der Waals surface area contributed by atoms with E-state index in [-0.39, 0.29) is 5.82 Å². The van der Waals surface area contributed by atoms with Gasteiger partial charge in [0.2, 0.25) is 0 Å². The molecule has 1 heterocycles. The SMILES string of the molecule is Cc1ccc(C)c(/C=C/c2nc(-c3ccc(F)cc3)cs2)c1. The van der Waals surface area contributed by atoms with Crippen LogP contribution in [0.4, 0.5) is 4.39 Å². The minimum Gasteiger partial charge on any atom is -0.237 e. The van der Waals surface area contributed by atoms with E-state index in [2.05, 4.69) is 43.1 Å². The average Bonchev–Trinajstić information content (AvgIpc) is 2.98. The first-order valence-corrected chi connectivity index (χ1v) is 7.96. The van der Waals surface area contributed by atoms with Gasteiger partial charge in [-0.1, -0.05) is 29.8 Å². The summed E-state index contributed by atoms with van der Waals surface area (Å²) in [4.78, 5) is 4.59. The molecular formula is C19H16FNS. The third kappa shape index (κ3) is 3.31. The van der Waals surface area contributed by atoms with Gasteiger partial charge >= 0.3 is 0 Å². The highest BCUT2D eigenvalue weighted by Gasteiger charge is 2.03. The highest BCUT2D eigenvalue weighted by molar-refractivity contribution is 7.10. The fourth-order valence-corrected chi connectivity index (χ4v) is 2.94. The molecule has 3 rings (SSSR count). The molecule has 0 saturated heterocycles. The van der Waals surface area contributed by atoms with Crippen molar-refractivity contribution in [2.75, 3.05) is 0 Å². The lowest BCUT2D eigenvalue weighted by Gasteiger charge is -2.01. The molecule has 3 heteroatoms. The van der Waals surface area contributed by atoms with E-state index >= 15 is 0 Å². The zero-order chi connectivity index (χ0) is 15.5. The molecule has 110 valence electrons. The van der Waals surface area contributed by atoms with E-state index in [9.17, 15) is 4.39 Å². The molecule has 0 aliphatic carbocycles. The van der Waals surface area contributed by atoms with Gasteiger partial charge in [0.25, 0.3) is 0 Å². The molecular weight excluding hydrogens is 293 g/mol. The van der Waals surface area contributed by atoms with Crippen molar-refractivity contribution >= 4 is 23.5 Å². The van der Waals surface area contributed by atoms with Gasteiger partial charge in [0.15, 0.2) is 0 Å². The zero-order valence-corrected chi connectivity index (χ0v) is 13.3. The van der Waals surface area contributed by atoms with Crippen molar-refractivity contribution in [3.8, 4) is 11.3 Å². The summed E-state index contributed by atoms with van der Waals surface area (Å²) in [5.41, 5.74) is 5.52. The average molecular weight is 309 g/mol. The Balaban J connectivity index is 1.83. The van der Waals surface area contributed by atoms with Gasteiger partial charge in [0.05, 0.1) is 5.69 Å². The van der Waals surface area contributed by atoms with E-state index in [1.54, 1.807) is 23.5 Å². The molecule has 1 nitrogen and oxygen atoms in total. The van der Waals surface area contributed by atoms with E-state index in [0.717, 1.165) is 16.3 Å². The van der Waals surface area contributed by atoms with Crippen LogP contribution in [0.5, 0.6) is 0 Å². The first-order chi connectivity index (χ1) is 10.6. The predicted molar refractivity (Wildman–Crippen MR) is 92.4 cm³/mol. The summed E-state index contributed by atoms with van der Waals surface area (Å²) in [7, 11) is 0. The highest BCUT2D eigenvalue weighted by atomic mass is 32.1. The standard InChI is InChI=1S/C19H16FNS/c1-13-3-4-14(2)16(11-13)7-10-19-21-18(12-22-19)15-5-8-17(20)9-6-15/h3-12H,1-2H3/b10-7+. The fourth-order valence-electron chi connectivity index (χ4n) is 2.22. The molecule has 0 bridgehead atoms. The molecule has 0 aliphatic rings. The van der Waals surface area contributed by atoms with Crippen LogP contribution in [0.1, 0.15) is 21.7 Å². The molecule has 2 aromatic carbocycles. The summed E-state index contributed by atoms with van der Waals surface area (Å²) in [6, 6.07) is 12.8. The van der Waals surface area contributed by atoms with Gasteiger partial charge in [-0.15, -0.1) is 11.3 Å². The summed E-state index contributed by atoms with van der Waals surface area (Å²) in [6.45, 7) is 4.19. The highest BCUT2D eigenvalue weighted by Crippen LogP contribution is 2.23. The van der Waals surface area contributed by atoms with Crippen LogP contribution in [0.2, 0.25) is 0 Å². The number of hydrogen-bond donors (Lipinski definition) is 0. The van der Waals surface area contributed by atoms with Crippen molar-refractivity contribution in [1.29, 1.82) is 0 Å². The van der Waals surface area contributed by atoms with Gasteiger partial charge in [-0.25, -0.2) is 9.37 Å². The van der Waals surface area contributed by atoms with Crippen LogP contribution in [-0.2, 0) is 0 Å². The Morgan fingerprint density at radius 1 is 1.00 bits per heavy atom. The number of aromatic nitrogens is 1. The molecule has 3 aromatic rings.